The van der Waals surface area contributed by atoms with Crippen LogP contribution in [0.3, 0.4) is 0 Å². The first-order chi connectivity index (χ1) is 16.3. The number of hydrogen-bond donors (Lipinski definition) is 1. The fourth-order valence-corrected chi connectivity index (χ4v) is 11.3. The third-order valence-corrected chi connectivity index (χ3v) is 13.3. The van der Waals surface area contributed by atoms with Crippen LogP contribution < -0.4 is 0 Å². The molecule has 2 unspecified atom stereocenters. The molecule has 0 saturated heterocycles. The molecular weight excluding hydrogens is 436 g/mol. The highest BCUT2D eigenvalue weighted by molar-refractivity contribution is 5.92. The van der Waals surface area contributed by atoms with E-state index in [4.69, 9.17) is 9.73 Å². The number of nitrogens with zero attached hydrogens (tertiary/aromatic N) is 2. The zero-order valence-electron chi connectivity index (χ0n) is 23.4. The lowest BCUT2D eigenvalue weighted by Gasteiger charge is -2.63. The fraction of sp³-hybridized carbons (Fsp3) is 0.933. The largest absolute Gasteiger partial charge is 0.480 e. The Balaban J connectivity index is 1.38. The molecule has 0 amide bonds. The molecule has 5 fully saturated rings. The molecule has 6 aliphatic rings. The Morgan fingerprint density at radius 1 is 1.06 bits per heavy atom. The van der Waals surface area contributed by atoms with E-state index in [0.717, 1.165) is 44.6 Å². The first-order valence-corrected chi connectivity index (χ1v) is 14.4. The first-order valence-electron chi connectivity index (χ1n) is 14.4. The van der Waals surface area contributed by atoms with E-state index >= 15 is 0 Å². The lowest BCUT2D eigenvalue weighted by molar-refractivity contribution is -0.172. The normalized spacial score (nSPS) is 55.2. The quantitative estimate of drug-likeness (QED) is 0.615. The van der Waals surface area contributed by atoms with Crippen LogP contribution in [0.5, 0.6) is 0 Å². The number of aliphatic hydroxyl groups is 1. The summed E-state index contributed by atoms with van der Waals surface area (Å²) >= 11 is 0. The summed E-state index contributed by atoms with van der Waals surface area (Å²) in [6, 6.07) is 0.585. The van der Waals surface area contributed by atoms with Crippen molar-refractivity contribution in [2.75, 3.05) is 20.7 Å². The SMILES string of the molecule is CC(C)C1=N[C@H]2CCC34CC35C(=O)C[C@]3(C)[C@@H]([C@H](C)N(C)C)[C@H](O)C[C@@]3(C)[C@@H]5CC[C@H]4[C@]2(C)CO1. The van der Waals surface area contributed by atoms with Crippen LogP contribution in [0.4, 0.5) is 0 Å². The molecule has 5 nitrogen and oxygen atoms in total. The van der Waals surface area contributed by atoms with E-state index < -0.39 is 0 Å². The van der Waals surface area contributed by atoms with Gasteiger partial charge >= 0.3 is 0 Å². The average Bonchev–Trinajstić information content (AvgIpc) is 3.41. The topological polar surface area (TPSA) is 62.1 Å². The zero-order chi connectivity index (χ0) is 25.3. The van der Waals surface area contributed by atoms with Crippen LogP contribution in [0.2, 0.25) is 0 Å². The number of carbonyl (C=O) groups is 1. The summed E-state index contributed by atoms with van der Waals surface area (Å²) in [6.45, 7) is 14.6. The minimum absolute atomic E-state index is 0.00746. The number of aliphatic hydroxyl groups excluding tert-OH is 1. The van der Waals surface area contributed by atoms with Crippen LogP contribution in [0.1, 0.15) is 86.5 Å². The molecule has 196 valence electrons. The van der Waals surface area contributed by atoms with Gasteiger partial charge in [0, 0.05) is 35.1 Å². The summed E-state index contributed by atoms with van der Waals surface area (Å²) in [5.74, 6) is 2.85. The van der Waals surface area contributed by atoms with Gasteiger partial charge in [-0.1, -0.05) is 34.6 Å². The lowest BCUT2D eigenvalue weighted by atomic mass is 9.41. The van der Waals surface area contributed by atoms with Crippen molar-refractivity contribution < 1.29 is 14.6 Å². The van der Waals surface area contributed by atoms with Crippen LogP contribution >= 0.6 is 0 Å². The Labute approximate surface area is 212 Å². The average molecular weight is 485 g/mol. The second kappa shape index (κ2) is 7.12. The van der Waals surface area contributed by atoms with Gasteiger partial charge in [0.2, 0.25) is 0 Å². The maximum atomic E-state index is 14.4. The molecule has 0 radical (unpaired) electrons. The van der Waals surface area contributed by atoms with Crippen LogP contribution in [0.15, 0.2) is 4.99 Å². The molecule has 0 aromatic rings. The monoisotopic (exact) mass is 484 g/mol. The van der Waals surface area contributed by atoms with E-state index in [1.807, 2.05) is 0 Å². The summed E-state index contributed by atoms with van der Waals surface area (Å²) in [5, 5.41) is 11.5. The number of aliphatic imine (C=N–C) groups is 1. The highest BCUT2D eigenvalue weighted by Crippen LogP contribution is 2.88. The molecule has 0 aromatic heterocycles. The number of fused-ring (bicyclic) bond motifs is 4. The number of Topliss-reactive ketones (excluding diaryl/α,β-unsaturated/α-hetero) is 1. The number of ketones is 1. The van der Waals surface area contributed by atoms with Gasteiger partial charge in [0.1, 0.15) is 5.78 Å². The summed E-state index contributed by atoms with van der Waals surface area (Å²) < 4.78 is 6.29. The van der Waals surface area contributed by atoms with Crippen LogP contribution in [0, 0.1) is 50.7 Å². The standard InChI is InChI=1S/C30H48N2O3/c1-17(2)25-31-22-11-12-29-15-30(29)21(10-9-20(29)26(22,4)16-35-25)27(5)13-19(33)24(18(3)32(7)8)28(27,6)14-23(30)34/h17-22,24,33H,9-16H2,1-8H3/t18-,19+,20-,21-,22-,24-,26-,27-,28+,29?,30?/m0/s1. The van der Waals surface area contributed by atoms with Gasteiger partial charge in [-0.3, -0.25) is 9.79 Å². The van der Waals surface area contributed by atoms with Crippen molar-refractivity contribution >= 4 is 11.7 Å². The van der Waals surface area contributed by atoms with Gasteiger partial charge in [-0.2, -0.15) is 0 Å². The molecule has 1 heterocycles. The minimum atomic E-state index is -0.332. The molecule has 11 atom stereocenters. The van der Waals surface area contributed by atoms with Gasteiger partial charge in [-0.25, -0.2) is 0 Å². The van der Waals surface area contributed by atoms with E-state index in [1.165, 1.54) is 6.42 Å². The number of hydrogen-bond acceptors (Lipinski definition) is 5. The molecule has 6 rings (SSSR count). The third-order valence-electron chi connectivity index (χ3n) is 13.3. The van der Waals surface area contributed by atoms with Crippen molar-refractivity contribution in [2.45, 2.75) is 105 Å². The fourth-order valence-electron chi connectivity index (χ4n) is 11.3. The van der Waals surface area contributed by atoms with Crippen molar-refractivity contribution in [1.29, 1.82) is 0 Å². The van der Waals surface area contributed by atoms with Crippen LogP contribution in [-0.2, 0) is 9.53 Å². The highest BCUT2D eigenvalue weighted by Gasteiger charge is 2.86. The second-order valence-corrected chi connectivity index (χ2v) is 14.9. The van der Waals surface area contributed by atoms with Crippen molar-refractivity contribution in [2.24, 2.45) is 55.7 Å². The van der Waals surface area contributed by atoms with Crippen LogP contribution in [0.25, 0.3) is 0 Å². The zero-order valence-corrected chi connectivity index (χ0v) is 23.4. The van der Waals surface area contributed by atoms with Crippen molar-refractivity contribution in [3.63, 3.8) is 0 Å². The van der Waals surface area contributed by atoms with E-state index in [9.17, 15) is 9.90 Å². The van der Waals surface area contributed by atoms with E-state index in [0.29, 0.717) is 36.0 Å². The second-order valence-electron chi connectivity index (χ2n) is 14.9. The highest BCUT2D eigenvalue weighted by atomic mass is 16.5. The van der Waals surface area contributed by atoms with Crippen LogP contribution in [-0.4, -0.2) is 60.6 Å². The summed E-state index contributed by atoms with van der Waals surface area (Å²) in [7, 11) is 4.23. The number of rotatable bonds is 3. The predicted molar refractivity (Wildman–Crippen MR) is 138 cm³/mol. The molecule has 0 aromatic carbocycles. The number of carbonyl (C=O) groups excluding carboxylic acids is 1. The third kappa shape index (κ3) is 2.63. The molecular formula is C30H48N2O3. The Morgan fingerprint density at radius 2 is 1.74 bits per heavy atom. The summed E-state index contributed by atoms with van der Waals surface area (Å²) in [4.78, 5) is 21.8. The van der Waals surface area contributed by atoms with E-state index in [2.05, 4.69) is 60.5 Å². The summed E-state index contributed by atoms with van der Waals surface area (Å²) in [6.07, 6.45) is 6.75. The molecule has 1 aliphatic heterocycles. The molecule has 5 aliphatic carbocycles. The van der Waals surface area contributed by atoms with E-state index in [1.54, 1.807) is 0 Å². The van der Waals surface area contributed by atoms with Gasteiger partial charge in [0.15, 0.2) is 5.90 Å². The van der Waals surface area contributed by atoms with Gasteiger partial charge in [0.05, 0.1) is 18.8 Å². The minimum Gasteiger partial charge on any atom is -0.480 e. The van der Waals surface area contributed by atoms with Crippen molar-refractivity contribution in [1.82, 2.24) is 4.90 Å². The van der Waals surface area contributed by atoms with E-state index in [-0.39, 0.29) is 45.1 Å². The predicted octanol–water partition coefficient (Wildman–Crippen LogP) is 4.96. The van der Waals surface area contributed by atoms with Gasteiger partial charge in [-0.05, 0) is 87.6 Å². The van der Waals surface area contributed by atoms with Gasteiger partial charge in [0.25, 0.3) is 0 Å². The Morgan fingerprint density at radius 3 is 2.40 bits per heavy atom. The molecule has 2 spiro atoms. The van der Waals surface area contributed by atoms with Crippen molar-refractivity contribution in [3.8, 4) is 0 Å². The molecule has 35 heavy (non-hydrogen) atoms. The molecule has 1 N–H and O–H groups in total. The smallest absolute Gasteiger partial charge is 0.186 e. The van der Waals surface area contributed by atoms with Gasteiger partial charge in [-0.15, -0.1) is 0 Å². The Hall–Kier alpha value is -0.940. The molecule has 5 saturated carbocycles. The molecule has 0 bridgehead atoms. The Kier molecular flexibility index (Phi) is 4.97. The van der Waals surface area contributed by atoms with Gasteiger partial charge < -0.3 is 14.7 Å². The lowest BCUT2D eigenvalue weighted by Crippen LogP contribution is -2.62. The maximum Gasteiger partial charge on any atom is 0.186 e. The maximum absolute atomic E-state index is 14.4. The van der Waals surface area contributed by atoms with Crippen molar-refractivity contribution in [3.05, 3.63) is 0 Å². The Bertz CT molecular complexity index is 977. The molecule has 5 heteroatoms. The first kappa shape index (κ1) is 24.4. The number of ether oxygens (including phenoxy) is 1. The summed E-state index contributed by atoms with van der Waals surface area (Å²) in [5.41, 5.74) is -0.147.